The van der Waals surface area contributed by atoms with Crippen LogP contribution in [0.1, 0.15) is 62.4 Å². The maximum Gasteiger partial charge on any atom is 0.408 e. The molecule has 0 aromatic heterocycles. The highest BCUT2D eigenvalue weighted by atomic mass is 16.6. The van der Waals surface area contributed by atoms with E-state index in [-0.39, 0.29) is 6.54 Å². The van der Waals surface area contributed by atoms with Crippen LogP contribution in [0.3, 0.4) is 0 Å². The van der Waals surface area contributed by atoms with Gasteiger partial charge >= 0.3 is 12.1 Å². The van der Waals surface area contributed by atoms with Gasteiger partial charge in [0.05, 0.1) is 27.9 Å². The van der Waals surface area contributed by atoms with Crippen molar-refractivity contribution in [2.24, 2.45) is 0 Å². The average molecular weight is 518 g/mol. The third-order valence-electron chi connectivity index (χ3n) is 5.37. The van der Waals surface area contributed by atoms with E-state index in [0.717, 1.165) is 35.5 Å². The maximum absolute atomic E-state index is 10.9. The number of nitrogens with one attached hydrogen (secondary N) is 1. The van der Waals surface area contributed by atoms with E-state index in [1.54, 1.807) is 35.0 Å². The number of carbonyl (C=O) groups is 2. The molecular weight excluding hydrogens is 474 g/mol. The molecule has 0 radical (unpaired) electrons. The van der Waals surface area contributed by atoms with E-state index in [1.165, 1.54) is 23.8 Å². The number of benzene rings is 2. The van der Waals surface area contributed by atoms with Crippen LogP contribution in [0, 0.1) is 6.92 Å². The number of rotatable bonds is 10. The summed E-state index contributed by atoms with van der Waals surface area (Å²) in [4.78, 5) is 21.5. The van der Waals surface area contributed by atoms with Crippen molar-refractivity contribution < 1.29 is 33.3 Å². The van der Waals surface area contributed by atoms with Crippen LogP contribution in [-0.4, -0.2) is 52.1 Å². The zero-order valence-electron chi connectivity index (χ0n) is 23.8. The van der Waals surface area contributed by atoms with Crippen molar-refractivity contribution in [1.29, 1.82) is 0 Å². The quantitative estimate of drug-likeness (QED) is 0.423. The Morgan fingerprint density at radius 3 is 2.05 bits per heavy atom. The standard InChI is InChI=1S/C21H28O3.C8H15NO4/c1-6-18-15(3)9-8-10-17(18)13-19-20(22-4)11-16(14-24-7-2)12-21(19)23-5;1-8(2,3)13-7(11)9-5-6(10)12-4/h8-12H,6-7,13-14H2,1-5H3;5H2,1-4H3,(H,9,11). The number of hydrogen-bond donors (Lipinski definition) is 1. The van der Waals surface area contributed by atoms with Gasteiger partial charge in [-0.3, -0.25) is 4.79 Å². The number of aryl methyl sites for hydroxylation is 1. The van der Waals surface area contributed by atoms with Crippen molar-refractivity contribution in [1.82, 2.24) is 5.32 Å². The van der Waals surface area contributed by atoms with Crippen molar-refractivity contribution in [3.63, 3.8) is 0 Å². The van der Waals surface area contributed by atoms with Gasteiger partial charge in [0.1, 0.15) is 23.6 Å². The highest BCUT2D eigenvalue weighted by molar-refractivity contribution is 5.77. The van der Waals surface area contributed by atoms with Gasteiger partial charge < -0.3 is 29.0 Å². The van der Waals surface area contributed by atoms with Gasteiger partial charge in [0.25, 0.3) is 0 Å². The second-order valence-electron chi connectivity index (χ2n) is 9.29. The summed E-state index contributed by atoms with van der Waals surface area (Å²) in [5, 5.41) is 2.25. The number of amides is 1. The molecule has 8 nitrogen and oxygen atoms in total. The molecule has 0 aliphatic carbocycles. The highest BCUT2D eigenvalue weighted by Crippen LogP contribution is 2.34. The lowest BCUT2D eigenvalue weighted by Gasteiger charge is -2.19. The molecule has 0 fully saturated rings. The van der Waals surface area contributed by atoms with E-state index in [0.29, 0.717) is 13.2 Å². The smallest absolute Gasteiger partial charge is 0.408 e. The monoisotopic (exact) mass is 517 g/mol. The third-order valence-corrected chi connectivity index (χ3v) is 5.37. The fourth-order valence-corrected chi connectivity index (χ4v) is 3.67. The molecule has 0 heterocycles. The second-order valence-corrected chi connectivity index (χ2v) is 9.29. The minimum absolute atomic E-state index is 0.175. The Morgan fingerprint density at radius 2 is 1.57 bits per heavy atom. The van der Waals surface area contributed by atoms with Crippen molar-refractivity contribution in [3.05, 3.63) is 58.1 Å². The molecule has 0 saturated heterocycles. The Labute approximate surface area is 221 Å². The lowest BCUT2D eigenvalue weighted by molar-refractivity contribution is -0.139. The summed E-state index contributed by atoms with van der Waals surface area (Å²) in [5.74, 6) is 1.20. The predicted molar refractivity (Wildman–Crippen MR) is 144 cm³/mol. The largest absolute Gasteiger partial charge is 0.496 e. The van der Waals surface area contributed by atoms with Gasteiger partial charge in [-0.25, -0.2) is 4.79 Å². The number of ether oxygens (including phenoxy) is 5. The van der Waals surface area contributed by atoms with Gasteiger partial charge in [-0.15, -0.1) is 0 Å². The average Bonchev–Trinajstić information content (AvgIpc) is 2.85. The van der Waals surface area contributed by atoms with Gasteiger partial charge in [0.15, 0.2) is 0 Å². The second kappa shape index (κ2) is 15.8. The van der Waals surface area contributed by atoms with Gasteiger partial charge in [-0.1, -0.05) is 25.1 Å². The van der Waals surface area contributed by atoms with Crippen molar-refractivity contribution in [2.45, 2.75) is 66.6 Å². The van der Waals surface area contributed by atoms with E-state index in [9.17, 15) is 9.59 Å². The van der Waals surface area contributed by atoms with Gasteiger partial charge in [0, 0.05) is 18.6 Å². The van der Waals surface area contributed by atoms with E-state index >= 15 is 0 Å². The fraction of sp³-hybridized carbons (Fsp3) is 0.517. The van der Waals surface area contributed by atoms with Crippen LogP contribution < -0.4 is 14.8 Å². The number of methoxy groups -OCH3 is 3. The summed E-state index contributed by atoms with van der Waals surface area (Å²) in [6.07, 6.45) is 1.19. The molecule has 0 unspecified atom stereocenters. The van der Waals surface area contributed by atoms with Crippen LogP contribution in [0.2, 0.25) is 0 Å². The molecule has 0 atom stereocenters. The molecule has 2 aromatic carbocycles. The first-order valence-corrected chi connectivity index (χ1v) is 12.4. The predicted octanol–water partition coefficient (Wildman–Crippen LogP) is 5.39. The molecule has 2 rings (SSSR count). The molecule has 8 heteroatoms. The van der Waals surface area contributed by atoms with E-state index < -0.39 is 17.7 Å². The molecular formula is C29H43NO7. The minimum Gasteiger partial charge on any atom is -0.496 e. The number of alkyl carbamates (subject to hydrolysis) is 1. The van der Waals surface area contributed by atoms with Crippen LogP contribution in [0.15, 0.2) is 30.3 Å². The minimum atomic E-state index is -0.627. The number of hydrogen-bond acceptors (Lipinski definition) is 7. The third kappa shape index (κ3) is 11.1. The number of esters is 1. The summed E-state index contributed by atoms with van der Waals surface area (Å²) < 4.78 is 26.0. The Morgan fingerprint density at radius 1 is 0.946 bits per heavy atom. The van der Waals surface area contributed by atoms with Crippen molar-refractivity contribution in [2.75, 3.05) is 34.5 Å². The fourth-order valence-electron chi connectivity index (χ4n) is 3.67. The lowest BCUT2D eigenvalue weighted by Crippen LogP contribution is -2.35. The van der Waals surface area contributed by atoms with Crippen LogP contribution in [-0.2, 0) is 38.5 Å². The Balaban J connectivity index is 0.000000448. The first-order chi connectivity index (χ1) is 17.5. The normalized spacial score (nSPS) is 10.6. The molecule has 2 aromatic rings. The van der Waals surface area contributed by atoms with Crippen LogP contribution in [0.4, 0.5) is 4.79 Å². The van der Waals surface area contributed by atoms with E-state index in [1.807, 2.05) is 6.92 Å². The van der Waals surface area contributed by atoms with Crippen LogP contribution in [0.25, 0.3) is 0 Å². The summed E-state index contributed by atoms with van der Waals surface area (Å²) in [6, 6.07) is 10.6. The molecule has 0 aliphatic heterocycles. The first-order valence-electron chi connectivity index (χ1n) is 12.4. The van der Waals surface area contributed by atoms with Gasteiger partial charge in [0.2, 0.25) is 0 Å². The van der Waals surface area contributed by atoms with Crippen molar-refractivity contribution in [3.8, 4) is 11.5 Å². The summed E-state index contributed by atoms with van der Waals surface area (Å²) in [7, 11) is 4.67. The zero-order valence-corrected chi connectivity index (χ0v) is 23.8. The molecule has 206 valence electrons. The zero-order chi connectivity index (χ0) is 28.0. The Kier molecular flexibility index (Phi) is 13.5. The lowest BCUT2D eigenvalue weighted by atomic mass is 9.93. The molecule has 0 spiro atoms. The van der Waals surface area contributed by atoms with Gasteiger partial charge in [-0.05, 0) is 75.4 Å². The first kappa shape index (κ1) is 31.8. The SMILES string of the molecule is CCOCc1cc(OC)c(Cc2cccc(C)c2CC)c(OC)c1.COC(=O)CNC(=O)OC(C)(C)C. The van der Waals surface area contributed by atoms with Crippen LogP contribution in [0.5, 0.6) is 11.5 Å². The molecule has 1 amide bonds. The topological polar surface area (TPSA) is 92.3 Å². The van der Waals surface area contributed by atoms with Gasteiger partial charge in [-0.2, -0.15) is 0 Å². The molecule has 0 aliphatic rings. The Bertz CT molecular complexity index is 987. The summed E-state index contributed by atoms with van der Waals surface area (Å²) in [6.45, 7) is 12.7. The molecule has 0 bridgehead atoms. The highest BCUT2D eigenvalue weighted by Gasteiger charge is 2.17. The Hall–Kier alpha value is -3.26. The van der Waals surface area contributed by atoms with E-state index in [4.69, 9.17) is 18.9 Å². The molecule has 1 N–H and O–H groups in total. The molecule has 0 saturated carbocycles. The number of carbonyl (C=O) groups excluding carboxylic acids is 2. The summed E-state index contributed by atoms with van der Waals surface area (Å²) >= 11 is 0. The van der Waals surface area contributed by atoms with Crippen LogP contribution >= 0.6 is 0 Å². The summed E-state index contributed by atoms with van der Waals surface area (Å²) in [5.41, 5.74) is 5.66. The maximum atomic E-state index is 10.9. The van der Waals surface area contributed by atoms with E-state index in [2.05, 4.69) is 54.2 Å². The molecule has 37 heavy (non-hydrogen) atoms. The van der Waals surface area contributed by atoms with Crippen molar-refractivity contribution >= 4 is 12.1 Å².